The lowest BCUT2D eigenvalue weighted by Gasteiger charge is -2.05. The average molecular weight is 286 g/mol. The Bertz CT molecular complexity index is 615. The first-order valence-electron chi connectivity index (χ1n) is 4.98. The molecule has 0 atom stereocenters. The summed E-state index contributed by atoms with van der Waals surface area (Å²) in [6.07, 6.45) is 1.03. The maximum atomic E-state index is 13.2. The first-order valence-corrected chi connectivity index (χ1v) is 6.31. The van der Waals surface area contributed by atoms with E-state index < -0.39 is 11.5 Å². The largest absolute Gasteiger partial charge is 0.381 e. The van der Waals surface area contributed by atoms with Crippen LogP contribution < -0.4 is 11.4 Å². The molecule has 0 aliphatic heterocycles. The van der Waals surface area contributed by atoms with E-state index >= 15 is 0 Å². The van der Waals surface area contributed by atoms with Gasteiger partial charge in [-0.2, -0.15) is 4.98 Å². The number of anilines is 1. The second-order valence-corrected chi connectivity index (χ2v) is 4.86. The highest BCUT2D eigenvalue weighted by Crippen LogP contribution is 2.16. The zero-order valence-corrected chi connectivity index (χ0v) is 10.7. The zero-order valence-electron chi connectivity index (χ0n) is 9.14. The Hall–Kier alpha value is -1.53. The van der Waals surface area contributed by atoms with Gasteiger partial charge < -0.3 is 5.73 Å². The molecule has 0 bridgehead atoms. The molecule has 0 radical (unpaired) electrons. The molecule has 94 valence electrons. The lowest BCUT2D eigenvalue weighted by molar-refractivity contribution is 0.614. The first kappa shape index (κ1) is 12.9. The van der Waals surface area contributed by atoms with Crippen LogP contribution >= 0.6 is 23.5 Å². The number of hydrogen-bond donors (Lipinski definition) is 1. The van der Waals surface area contributed by atoms with Crippen molar-refractivity contribution in [2.75, 3.05) is 5.73 Å². The monoisotopic (exact) mass is 285 g/mol. The molecule has 0 spiro atoms. The molecular weight excluding hydrogens is 277 g/mol. The van der Waals surface area contributed by atoms with Crippen LogP contribution in [-0.4, -0.2) is 8.96 Å². The summed E-state index contributed by atoms with van der Waals surface area (Å²) in [4.78, 5) is 14.8. The average Bonchev–Trinajstić information content (AvgIpc) is 2.34. The van der Waals surface area contributed by atoms with E-state index in [1.165, 1.54) is 0 Å². The summed E-state index contributed by atoms with van der Waals surface area (Å²) in [5.41, 5.74) is 5.57. The maximum absolute atomic E-state index is 13.2. The normalized spacial score (nSPS) is 10.6. The smallest absolute Gasteiger partial charge is 0.359 e. The van der Waals surface area contributed by atoms with Crippen LogP contribution in [0.4, 0.5) is 10.2 Å². The summed E-state index contributed by atoms with van der Waals surface area (Å²) < 4.78 is 14.3. The number of nitrogens with zero attached hydrogens (tertiary/aromatic N) is 2. The molecule has 1 heterocycles. The van der Waals surface area contributed by atoms with Crippen molar-refractivity contribution in [2.45, 2.75) is 5.75 Å². The number of nitrogens with two attached hydrogens (primary N) is 1. The highest BCUT2D eigenvalue weighted by Gasteiger charge is 2.05. The quantitative estimate of drug-likeness (QED) is 0.940. The predicted octanol–water partition coefficient (Wildman–Crippen LogP) is 2.31. The minimum Gasteiger partial charge on any atom is -0.381 e. The molecule has 2 rings (SSSR count). The van der Waals surface area contributed by atoms with Gasteiger partial charge in [0.2, 0.25) is 0 Å². The lowest BCUT2D eigenvalue weighted by Crippen LogP contribution is -2.20. The van der Waals surface area contributed by atoms with E-state index in [4.69, 9.17) is 17.3 Å². The van der Waals surface area contributed by atoms with E-state index in [0.717, 1.165) is 27.7 Å². The van der Waals surface area contributed by atoms with Crippen LogP contribution in [0.25, 0.3) is 0 Å². The van der Waals surface area contributed by atoms with Gasteiger partial charge in [-0.25, -0.2) is 13.2 Å². The standard InChI is InChI=1S/C11H9ClFN3OS/c12-8-3-1-7(2-4-8)6-18-16-5-9(13)10(14)15-11(16)17/h1-5H,6H2,(H2,14,15,17). The molecule has 18 heavy (non-hydrogen) atoms. The van der Waals surface area contributed by atoms with Crippen LogP contribution in [0.3, 0.4) is 0 Å². The van der Waals surface area contributed by atoms with Gasteiger partial charge in [0.25, 0.3) is 0 Å². The highest BCUT2D eigenvalue weighted by atomic mass is 35.5. The lowest BCUT2D eigenvalue weighted by atomic mass is 10.2. The number of aromatic nitrogens is 2. The molecule has 0 amide bonds. The van der Waals surface area contributed by atoms with Crippen molar-refractivity contribution < 1.29 is 4.39 Å². The Labute approximate surface area is 112 Å². The zero-order chi connectivity index (χ0) is 13.1. The predicted molar refractivity (Wildman–Crippen MR) is 71.0 cm³/mol. The summed E-state index contributed by atoms with van der Waals surface area (Å²) in [6, 6.07) is 7.17. The molecule has 0 fully saturated rings. The second-order valence-electron chi connectivity index (χ2n) is 3.48. The molecule has 7 heteroatoms. The van der Waals surface area contributed by atoms with Crippen LogP contribution in [0.5, 0.6) is 0 Å². The van der Waals surface area contributed by atoms with Crippen molar-refractivity contribution in [3.63, 3.8) is 0 Å². The van der Waals surface area contributed by atoms with Crippen molar-refractivity contribution in [1.82, 2.24) is 8.96 Å². The van der Waals surface area contributed by atoms with Gasteiger partial charge in [-0.1, -0.05) is 23.7 Å². The Morgan fingerprint density at radius 2 is 2.06 bits per heavy atom. The topological polar surface area (TPSA) is 60.9 Å². The van der Waals surface area contributed by atoms with Gasteiger partial charge >= 0.3 is 5.69 Å². The van der Waals surface area contributed by atoms with Gasteiger partial charge in [0.15, 0.2) is 11.6 Å². The van der Waals surface area contributed by atoms with Crippen molar-refractivity contribution >= 4 is 29.4 Å². The fraction of sp³-hybridized carbons (Fsp3) is 0.0909. The van der Waals surface area contributed by atoms with E-state index in [1.54, 1.807) is 12.1 Å². The van der Waals surface area contributed by atoms with Gasteiger partial charge in [0.1, 0.15) is 0 Å². The molecule has 0 saturated heterocycles. The number of benzene rings is 1. The third kappa shape index (κ3) is 3.02. The Kier molecular flexibility index (Phi) is 3.88. The van der Waals surface area contributed by atoms with Crippen LogP contribution in [0.2, 0.25) is 5.02 Å². The van der Waals surface area contributed by atoms with E-state index in [2.05, 4.69) is 4.98 Å². The number of nitrogen functional groups attached to an aromatic ring is 1. The first-order chi connectivity index (χ1) is 8.56. The Morgan fingerprint density at radius 1 is 1.39 bits per heavy atom. The van der Waals surface area contributed by atoms with Gasteiger partial charge in [-0.05, 0) is 29.6 Å². The minimum atomic E-state index is -0.710. The van der Waals surface area contributed by atoms with E-state index in [-0.39, 0.29) is 5.82 Å². The Balaban J connectivity index is 2.13. The second kappa shape index (κ2) is 5.41. The summed E-state index contributed by atoms with van der Waals surface area (Å²) in [6.45, 7) is 0. The van der Waals surface area contributed by atoms with Crippen LogP contribution in [0, 0.1) is 5.82 Å². The SMILES string of the molecule is Nc1nc(=O)n(SCc2ccc(Cl)cc2)cc1F. The van der Waals surface area contributed by atoms with E-state index in [0.29, 0.717) is 10.8 Å². The summed E-state index contributed by atoms with van der Waals surface area (Å²) in [5.74, 6) is -0.594. The number of hydrogen-bond acceptors (Lipinski definition) is 4. The fourth-order valence-corrected chi connectivity index (χ4v) is 2.17. The maximum Gasteiger partial charge on any atom is 0.359 e. The third-order valence-corrected chi connectivity index (χ3v) is 3.42. The molecule has 0 saturated carbocycles. The van der Waals surface area contributed by atoms with Crippen LogP contribution in [0.15, 0.2) is 35.3 Å². The van der Waals surface area contributed by atoms with Gasteiger partial charge in [-0.3, -0.25) is 0 Å². The van der Waals surface area contributed by atoms with Crippen LogP contribution in [0.1, 0.15) is 5.56 Å². The van der Waals surface area contributed by atoms with Crippen molar-refractivity contribution in [2.24, 2.45) is 0 Å². The molecular formula is C11H9ClFN3OS. The van der Waals surface area contributed by atoms with Gasteiger partial charge in [0.05, 0.1) is 6.20 Å². The molecule has 0 unspecified atom stereocenters. The molecule has 1 aromatic carbocycles. The van der Waals surface area contributed by atoms with Crippen molar-refractivity contribution in [3.8, 4) is 0 Å². The third-order valence-electron chi connectivity index (χ3n) is 2.16. The minimum absolute atomic E-state index is 0.386. The summed E-state index contributed by atoms with van der Waals surface area (Å²) >= 11 is 6.89. The molecule has 2 aromatic rings. The van der Waals surface area contributed by atoms with E-state index in [9.17, 15) is 9.18 Å². The Morgan fingerprint density at radius 3 is 2.72 bits per heavy atom. The summed E-state index contributed by atoms with van der Waals surface area (Å²) in [7, 11) is 0. The molecule has 0 aliphatic rings. The van der Waals surface area contributed by atoms with Gasteiger partial charge in [-0.15, -0.1) is 0 Å². The molecule has 2 N–H and O–H groups in total. The summed E-state index contributed by atoms with van der Waals surface area (Å²) in [5, 5.41) is 0.640. The fourth-order valence-electron chi connectivity index (χ4n) is 1.25. The van der Waals surface area contributed by atoms with Gasteiger partial charge in [0, 0.05) is 10.8 Å². The van der Waals surface area contributed by atoms with Crippen molar-refractivity contribution in [1.29, 1.82) is 0 Å². The molecule has 4 nitrogen and oxygen atoms in total. The van der Waals surface area contributed by atoms with E-state index in [1.807, 2.05) is 12.1 Å². The number of rotatable bonds is 3. The molecule has 0 aliphatic carbocycles. The number of halogens is 2. The van der Waals surface area contributed by atoms with Crippen LogP contribution in [-0.2, 0) is 5.75 Å². The molecule has 1 aromatic heterocycles. The van der Waals surface area contributed by atoms with Crippen molar-refractivity contribution in [3.05, 3.63) is 57.3 Å². The highest BCUT2D eigenvalue weighted by molar-refractivity contribution is 7.97.